The number of amides is 2. The number of alkyl halides is 2. The molecule has 0 rings (SSSR count). The van der Waals surface area contributed by atoms with Gasteiger partial charge < -0.3 is 15.7 Å². The van der Waals surface area contributed by atoms with Crippen LogP contribution < -0.4 is 10.6 Å². The third kappa shape index (κ3) is 4.16. The fourth-order valence-electron chi connectivity index (χ4n) is 0.921. The van der Waals surface area contributed by atoms with Crippen LogP contribution in [0.3, 0.4) is 0 Å². The molecule has 0 saturated heterocycles. The Labute approximate surface area is 98.6 Å². The number of hydrogen-bond donors (Lipinski definition) is 3. The lowest BCUT2D eigenvalue weighted by molar-refractivity contribution is -0.150. The van der Waals surface area contributed by atoms with Crippen molar-refractivity contribution in [3.8, 4) is 0 Å². The van der Waals surface area contributed by atoms with Crippen molar-refractivity contribution >= 4 is 12.0 Å². The molecule has 0 radical (unpaired) electrons. The van der Waals surface area contributed by atoms with E-state index in [-0.39, 0.29) is 0 Å². The molecule has 0 aromatic heterocycles. The SMILES string of the molecule is CC(C)(NC(=O)NCC(F)F)C(C)(C)C(=O)O. The van der Waals surface area contributed by atoms with E-state index in [0.29, 0.717) is 0 Å². The average Bonchev–Trinajstić information content (AvgIpc) is 2.13. The number of hydrogen-bond acceptors (Lipinski definition) is 2. The second-order valence-corrected chi connectivity index (χ2v) is 4.78. The summed E-state index contributed by atoms with van der Waals surface area (Å²) in [6.45, 7) is 5.16. The fraction of sp³-hybridized carbons (Fsp3) is 0.800. The van der Waals surface area contributed by atoms with Crippen LogP contribution in [0.25, 0.3) is 0 Å². The monoisotopic (exact) mass is 252 g/mol. The van der Waals surface area contributed by atoms with E-state index in [1.54, 1.807) is 0 Å². The quantitative estimate of drug-likeness (QED) is 0.692. The van der Waals surface area contributed by atoms with E-state index in [1.165, 1.54) is 27.7 Å². The van der Waals surface area contributed by atoms with Crippen molar-refractivity contribution in [1.82, 2.24) is 10.6 Å². The number of carbonyl (C=O) groups is 2. The van der Waals surface area contributed by atoms with Crippen LogP contribution in [0.2, 0.25) is 0 Å². The highest BCUT2D eigenvalue weighted by molar-refractivity contribution is 5.79. The van der Waals surface area contributed by atoms with Crippen LogP contribution in [0.4, 0.5) is 13.6 Å². The predicted molar refractivity (Wildman–Crippen MR) is 58.0 cm³/mol. The minimum Gasteiger partial charge on any atom is -0.481 e. The van der Waals surface area contributed by atoms with Crippen LogP contribution in [0, 0.1) is 5.41 Å². The summed E-state index contributed by atoms with van der Waals surface area (Å²) < 4.78 is 23.7. The van der Waals surface area contributed by atoms with Crippen molar-refractivity contribution in [2.24, 2.45) is 5.41 Å². The summed E-state index contributed by atoms with van der Waals surface area (Å²) in [5.74, 6) is -1.09. The zero-order valence-corrected chi connectivity index (χ0v) is 10.3. The average molecular weight is 252 g/mol. The molecule has 0 heterocycles. The van der Waals surface area contributed by atoms with Crippen LogP contribution in [0.15, 0.2) is 0 Å². The van der Waals surface area contributed by atoms with Gasteiger partial charge in [0.05, 0.1) is 17.5 Å². The van der Waals surface area contributed by atoms with Gasteiger partial charge in [-0.25, -0.2) is 13.6 Å². The molecule has 0 aromatic carbocycles. The number of aliphatic carboxylic acids is 1. The van der Waals surface area contributed by atoms with E-state index in [4.69, 9.17) is 5.11 Å². The molecule has 0 aliphatic heterocycles. The normalized spacial score (nSPS) is 12.4. The Hall–Kier alpha value is -1.40. The van der Waals surface area contributed by atoms with Crippen molar-refractivity contribution < 1.29 is 23.5 Å². The maximum atomic E-state index is 11.9. The van der Waals surface area contributed by atoms with E-state index >= 15 is 0 Å². The molecule has 0 aliphatic carbocycles. The highest BCUT2D eigenvalue weighted by Crippen LogP contribution is 2.30. The van der Waals surface area contributed by atoms with Crippen molar-refractivity contribution in [3.05, 3.63) is 0 Å². The Kier molecular flexibility index (Phi) is 4.85. The van der Waals surface area contributed by atoms with E-state index in [9.17, 15) is 18.4 Å². The van der Waals surface area contributed by atoms with Crippen LogP contribution in [0.1, 0.15) is 27.7 Å². The molecule has 7 heteroatoms. The summed E-state index contributed by atoms with van der Waals surface area (Å²) in [5, 5.41) is 13.3. The largest absolute Gasteiger partial charge is 0.481 e. The molecule has 0 fully saturated rings. The molecule has 3 N–H and O–H groups in total. The predicted octanol–water partition coefficient (Wildman–Crippen LogP) is 1.44. The lowest BCUT2D eigenvalue weighted by Crippen LogP contribution is -2.59. The van der Waals surface area contributed by atoms with Crippen molar-refractivity contribution in [2.75, 3.05) is 6.54 Å². The lowest BCUT2D eigenvalue weighted by Gasteiger charge is -2.38. The summed E-state index contributed by atoms with van der Waals surface area (Å²) in [5.41, 5.74) is -2.31. The van der Waals surface area contributed by atoms with Crippen LogP contribution >= 0.6 is 0 Å². The number of carbonyl (C=O) groups excluding carboxylic acids is 1. The first-order valence-corrected chi connectivity index (χ1v) is 5.08. The molecule has 17 heavy (non-hydrogen) atoms. The van der Waals surface area contributed by atoms with Crippen molar-refractivity contribution in [3.63, 3.8) is 0 Å². The number of urea groups is 1. The summed E-state index contributed by atoms with van der Waals surface area (Å²) in [7, 11) is 0. The first-order valence-electron chi connectivity index (χ1n) is 5.08. The molecule has 2 amide bonds. The zero-order chi connectivity index (χ0) is 13.9. The Bertz CT molecular complexity index is 304. The van der Waals surface area contributed by atoms with Crippen LogP contribution in [-0.2, 0) is 4.79 Å². The van der Waals surface area contributed by atoms with Crippen molar-refractivity contribution in [1.29, 1.82) is 0 Å². The second-order valence-electron chi connectivity index (χ2n) is 4.78. The summed E-state index contributed by atoms with van der Waals surface area (Å²) in [6, 6.07) is -0.815. The lowest BCUT2D eigenvalue weighted by atomic mass is 9.74. The molecule has 0 aromatic rings. The molecule has 0 spiro atoms. The minimum absolute atomic E-state index is 0.768. The number of halogens is 2. The van der Waals surface area contributed by atoms with Gasteiger partial charge in [-0.1, -0.05) is 0 Å². The number of carboxylic acid groups (broad SMARTS) is 1. The van der Waals surface area contributed by atoms with Crippen LogP contribution in [-0.4, -0.2) is 35.6 Å². The zero-order valence-electron chi connectivity index (χ0n) is 10.3. The summed E-state index contributed by atoms with van der Waals surface area (Å²) in [4.78, 5) is 22.3. The van der Waals surface area contributed by atoms with Gasteiger partial charge in [-0.3, -0.25) is 4.79 Å². The number of rotatable bonds is 5. The standard InChI is InChI=1S/C10H18F2N2O3/c1-9(2,7(15)16)10(3,4)14-8(17)13-5-6(11)12/h6H,5H2,1-4H3,(H,15,16)(H2,13,14,17). The molecule has 0 atom stereocenters. The van der Waals surface area contributed by atoms with E-state index < -0.39 is 35.9 Å². The summed E-state index contributed by atoms with van der Waals surface area (Å²) in [6.07, 6.45) is -2.64. The maximum absolute atomic E-state index is 11.9. The molecular formula is C10H18F2N2O3. The van der Waals surface area contributed by atoms with Gasteiger partial charge in [0.25, 0.3) is 6.43 Å². The third-order valence-electron chi connectivity index (χ3n) is 2.94. The Morgan fingerprint density at radius 3 is 2.06 bits per heavy atom. The van der Waals surface area contributed by atoms with Crippen molar-refractivity contribution in [2.45, 2.75) is 39.7 Å². The Morgan fingerprint density at radius 2 is 1.71 bits per heavy atom. The van der Waals surface area contributed by atoms with Gasteiger partial charge in [-0.15, -0.1) is 0 Å². The molecule has 100 valence electrons. The van der Waals surface area contributed by atoms with Gasteiger partial charge in [-0.05, 0) is 27.7 Å². The molecular weight excluding hydrogens is 234 g/mol. The topological polar surface area (TPSA) is 78.4 Å². The first kappa shape index (κ1) is 15.6. The summed E-state index contributed by atoms with van der Waals surface area (Å²) >= 11 is 0. The van der Waals surface area contributed by atoms with Gasteiger partial charge in [0.15, 0.2) is 0 Å². The molecule has 0 unspecified atom stereocenters. The molecule has 0 bridgehead atoms. The minimum atomic E-state index is -2.64. The van der Waals surface area contributed by atoms with Gasteiger partial charge >= 0.3 is 12.0 Å². The van der Waals surface area contributed by atoms with E-state index in [1.807, 2.05) is 5.32 Å². The highest BCUT2D eigenvalue weighted by Gasteiger charge is 2.44. The Balaban J connectivity index is 4.54. The molecule has 5 nitrogen and oxygen atoms in total. The van der Waals surface area contributed by atoms with Crippen LogP contribution in [0.5, 0.6) is 0 Å². The first-order chi connectivity index (χ1) is 7.50. The van der Waals surface area contributed by atoms with E-state index in [0.717, 1.165) is 0 Å². The number of carboxylic acids is 1. The molecule has 0 aliphatic rings. The number of nitrogens with one attached hydrogen (secondary N) is 2. The van der Waals surface area contributed by atoms with Gasteiger partial charge in [-0.2, -0.15) is 0 Å². The molecule has 0 saturated carbocycles. The highest BCUT2D eigenvalue weighted by atomic mass is 19.3. The fourth-order valence-corrected chi connectivity index (χ4v) is 0.921. The smallest absolute Gasteiger partial charge is 0.315 e. The Morgan fingerprint density at radius 1 is 1.24 bits per heavy atom. The van der Waals surface area contributed by atoms with E-state index in [2.05, 4.69) is 5.32 Å². The van der Waals surface area contributed by atoms with Gasteiger partial charge in [0.2, 0.25) is 0 Å². The van der Waals surface area contributed by atoms with Gasteiger partial charge in [0, 0.05) is 0 Å². The third-order valence-corrected chi connectivity index (χ3v) is 2.94. The van der Waals surface area contributed by atoms with Gasteiger partial charge in [0.1, 0.15) is 0 Å². The maximum Gasteiger partial charge on any atom is 0.315 e. The second kappa shape index (κ2) is 5.29.